The van der Waals surface area contributed by atoms with Crippen molar-refractivity contribution in [2.24, 2.45) is 5.92 Å². The molecule has 1 fully saturated rings. The lowest BCUT2D eigenvalue weighted by Crippen LogP contribution is -2.36. The smallest absolute Gasteiger partial charge is 0.0372 e. The number of aromatic nitrogens is 1. The van der Waals surface area contributed by atoms with Crippen molar-refractivity contribution in [1.29, 1.82) is 0 Å². The van der Waals surface area contributed by atoms with Crippen LogP contribution in [0.15, 0.2) is 18.3 Å². The highest BCUT2D eigenvalue weighted by Crippen LogP contribution is 2.18. The Balaban J connectivity index is 0.00000180. The van der Waals surface area contributed by atoms with Gasteiger partial charge in [-0.25, -0.2) is 0 Å². The summed E-state index contributed by atoms with van der Waals surface area (Å²) >= 11 is 0. The van der Waals surface area contributed by atoms with E-state index in [1.165, 1.54) is 38.0 Å². The summed E-state index contributed by atoms with van der Waals surface area (Å²) in [5.41, 5.74) is 2.44. The van der Waals surface area contributed by atoms with Crippen molar-refractivity contribution in [2.45, 2.75) is 33.2 Å². The van der Waals surface area contributed by atoms with Crippen molar-refractivity contribution in [3.8, 4) is 0 Å². The van der Waals surface area contributed by atoms with Gasteiger partial charge in [-0.2, -0.15) is 0 Å². The lowest BCUT2D eigenvalue weighted by atomic mass is 9.96. The number of pyridine rings is 1. The van der Waals surface area contributed by atoms with Crippen LogP contribution < -0.4 is 5.32 Å². The molecule has 1 aliphatic rings. The second kappa shape index (κ2) is 8.51. The molecular weight excluding hydrogens is 258 g/mol. The number of halogens is 1. The number of hydrogen-bond donors (Lipinski definition) is 1. The van der Waals surface area contributed by atoms with Gasteiger partial charge in [-0.05, 0) is 63.5 Å². The molecule has 0 radical (unpaired) electrons. The first-order chi connectivity index (χ1) is 8.78. The molecule has 0 saturated carbocycles. The van der Waals surface area contributed by atoms with E-state index >= 15 is 0 Å². The van der Waals surface area contributed by atoms with Crippen LogP contribution in [0.3, 0.4) is 0 Å². The molecule has 1 saturated heterocycles. The van der Waals surface area contributed by atoms with Crippen molar-refractivity contribution in [1.82, 2.24) is 15.2 Å². The molecule has 2 rings (SSSR count). The zero-order valence-electron chi connectivity index (χ0n) is 12.1. The Morgan fingerprint density at radius 2 is 2.05 bits per heavy atom. The van der Waals surface area contributed by atoms with Crippen LogP contribution in [0.1, 0.15) is 31.0 Å². The van der Waals surface area contributed by atoms with Gasteiger partial charge in [0.05, 0.1) is 0 Å². The summed E-state index contributed by atoms with van der Waals surface area (Å²) in [6.45, 7) is 10.0. The molecule has 3 nitrogen and oxygen atoms in total. The van der Waals surface area contributed by atoms with Crippen LogP contribution in [0, 0.1) is 12.8 Å². The standard InChI is InChI=1S/C15H25N3.ClH/c1-3-16-10-14-6-8-18(9-7-14)12-15-5-4-13(2)17-11-15;/h4-5,11,14,16H,3,6-10,12H2,1-2H3;1H. The Morgan fingerprint density at radius 3 is 2.63 bits per heavy atom. The number of hydrogen-bond acceptors (Lipinski definition) is 3. The van der Waals surface area contributed by atoms with E-state index in [0.29, 0.717) is 0 Å². The first-order valence-corrected chi connectivity index (χ1v) is 7.12. The third-order valence-corrected chi connectivity index (χ3v) is 3.77. The molecule has 19 heavy (non-hydrogen) atoms. The van der Waals surface area contributed by atoms with Gasteiger partial charge in [0.2, 0.25) is 0 Å². The monoisotopic (exact) mass is 283 g/mol. The predicted octanol–water partition coefficient (Wildman–Crippen LogP) is 2.63. The van der Waals surface area contributed by atoms with E-state index in [4.69, 9.17) is 0 Å². The summed E-state index contributed by atoms with van der Waals surface area (Å²) in [6.07, 6.45) is 4.67. The molecule has 0 aliphatic carbocycles. The molecule has 1 N–H and O–H groups in total. The van der Waals surface area contributed by atoms with Crippen LogP contribution in [0.5, 0.6) is 0 Å². The number of nitrogens with one attached hydrogen (secondary N) is 1. The average Bonchev–Trinajstić information content (AvgIpc) is 2.41. The lowest BCUT2D eigenvalue weighted by molar-refractivity contribution is 0.175. The number of likely N-dealkylation sites (tertiary alicyclic amines) is 1. The molecule has 0 spiro atoms. The first-order valence-electron chi connectivity index (χ1n) is 7.12. The highest BCUT2D eigenvalue weighted by atomic mass is 35.5. The average molecular weight is 284 g/mol. The molecule has 2 heterocycles. The van der Waals surface area contributed by atoms with Crippen molar-refractivity contribution in [3.05, 3.63) is 29.6 Å². The van der Waals surface area contributed by atoms with Crippen LogP contribution in [0.4, 0.5) is 0 Å². The third kappa shape index (κ3) is 5.47. The van der Waals surface area contributed by atoms with Crippen LogP contribution in [-0.2, 0) is 6.54 Å². The van der Waals surface area contributed by atoms with E-state index in [0.717, 1.165) is 24.7 Å². The molecular formula is C15H26ClN3. The Hall–Kier alpha value is -0.640. The largest absolute Gasteiger partial charge is 0.317 e. The quantitative estimate of drug-likeness (QED) is 0.900. The minimum atomic E-state index is 0. The summed E-state index contributed by atoms with van der Waals surface area (Å²) < 4.78 is 0. The Labute approximate surface area is 123 Å². The van der Waals surface area contributed by atoms with E-state index in [9.17, 15) is 0 Å². The van der Waals surface area contributed by atoms with Gasteiger partial charge < -0.3 is 5.32 Å². The summed E-state index contributed by atoms with van der Waals surface area (Å²) in [4.78, 5) is 6.91. The third-order valence-electron chi connectivity index (χ3n) is 3.77. The summed E-state index contributed by atoms with van der Waals surface area (Å²) in [7, 11) is 0. The van der Waals surface area contributed by atoms with Crippen LogP contribution in [-0.4, -0.2) is 36.1 Å². The molecule has 4 heteroatoms. The van der Waals surface area contributed by atoms with Gasteiger partial charge >= 0.3 is 0 Å². The van der Waals surface area contributed by atoms with E-state index in [2.05, 4.69) is 34.3 Å². The Morgan fingerprint density at radius 1 is 1.32 bits per heavy atom. The molecule has 1 aliphatic heterocycles. The van der Waals surface area contributed by atoms with Crippen molar-refractivity contribution >= 4 is 12.4 Å². The van der Waals surface area contributed by atoms with E-state index in [1.54, 1.807) is 0 Å². The van der Waals surface area contributed by atoms with Gasteiger partial charge in [0.1, 0.15) is 0 Å². The molecule has 0 unspecified atom stereocenters. The Bertz CT molecular complexity index is 345. The van der Waals surface area contributed by atoms with E-state index in [1.807, 2.05) is 13.1 Å². The van der Waals surface area contributed by atoms with E-state index < -0.39 is 0 Å². The first kappa shape index (κ1) is 16.4. The Kier molecular flexibility index (Phi) is 7.36. The van der Waals surface area contributed by atoms with Crippen LogP contribution in [0.2, 0.25) is 0 Å². The summed E-state index contributed by atoms with van der Waals surface area (Å²) in [5, 5.41) is 3.46. The number of rotatable bonds is 5. The van der Waals surface area contributed by atoms with Crippen LogP contribution >= 0.6 is 12.4 Å². The maximum atomic E-state index is 4.36. The fourth-order valence-corrected chi connectivity index (χ4v) is 2.55. The topological polar surface area (TPSA) is 28.2 Å². The van der Waals surface area contributed by atoms with Crippen molar-refractivity contribution in [3.63, 3.8) is 0 Å². The van der Waals surface area contributed by atoms with Crippen molar-refractivity contribution < 1.29 is 0 Å². The zero-order chi connectivity index (χ0) is 12.8. The normalized spacial score (nSPS) is 17.2. The molecule has 1 aromatic rings. The molecule has 0 amide bonds. The highest BCUT2D eigenvalue weighted by Gasteiger charge is 2.18. The molecule has 0 aromatic carbocycles. The minimum Gasteiger partial charge on any atom is -0.317 e. The number of piperidine rings is 1. The number of nitrogens with zero attached hydrogens (tertiary/aromatic N) is 2. The highest BCUT2D eigenvalue weighted by molar-refractivity contribution is 5.85. The van der Waals surface area contributed by atoms with Gasteiger partial charge in [0.15, 0.2) is 0 Å². The van der Waals surface area contributed by atoms with Gasteiger partial charge in [-0.1, -0.05) is 13.0 Å². The predicted molar refractivity (Wildman–Crippen MR) is 82.8 cm³/mol. The van der Waals surface area contributed by atoms with Gasteiger partial charge in [-0.15, -0.1) is 12.4 Å². The van der Waals surface area contributed by atoms with Gasteiger partial charge in [-0.3, -0.25) is 9.88 Å². The maximum Gasteiger partial charge on any atom is 0.0372 e. The summed E-state index contributed by atoms with van der Waals surface area (Å²) in [6, 6.07) is 4.31. The molecule has 1 aromatic heterocycles. The molecule has 0 atom stereocenters. The molecule has 0 bridgehead atoms. The van der Waals surface area contributed by atoms with E-state index in [-0.39, 0.29) is 12.4 Å². The fourth-order valence-electron chi connectivity index (χ4n) is 2.55. The lowest BCUT2D eigenvalue weighted by Gasteiger charge is -2.32. The fraction of sp³-hybridized carbons (Fsp3) is 0.667. The zero-order valence-corrected chi connectivity index (χ0v) is 12.9. The number of aryl methyl sites for hydroxylation is 1. The SMILES string of the molecule is CCNCC1CCN(Cc2ccc(C)nc2)CC1.Cl. The van der Waals surface area contributed by atoms with Gasteiger partial charge in [0.25, 0.3) is 0 Å². The summed E-state index contributed by atoms with van der Waals surface area (Å²) in [5.74, 6) is 0.873. The van der Waals surface area contributed by atoms with Gasteiger partial charge in [0, 0.05) is 18.4 Å². The molecule has 108 valence electrons. The second-order valence-electron chi connectivity index (χ2n) is 5.34. The van der Waals surface area contributed by atoms with Crippen molar-refractivity contribution in [2.75, 3.05) is 26.2 Å². The minimum absolute atomic E-state index is 0. The maximum absolute atomic E-state index is 4.36. The van der Waals surface area contributed by atoms with Crippen LogP contribution in [0.25, 0.3) is 0 Å². The second-order valence-corrected chi connectivity index (χ2v) is 5.34.